The Morgan fingerprint density at radius 2 is 1.09 bits per heavy atom. The van der Waals surface area contributed by atoms with Gasteiger partial charge in [0, 0.05) is 62.4 Å². The third-order valence-electron chi connectivity index (χ3n) is 15.7. The number of hydrogen-bond donors (Lipinski definition) is 12. The molecular formula is C67H78N8O21S. The Labute approximate surface area is 561 Å². The van der Waals surface area contributed by atoms with E-state index in [1.807, 2.05) is 0 Å². The maximum atomic E-state index is 14.7. The molecule has 12 N–H and O–H groups in total. The molecule has 4 aromatic carbocycles. The minimum atomic E-state index is -1.81. The molecule has 9 atom stereocenters. The van der Waals surface area contributed by atoms with Gasteiger partial charge in [0.2, 0.25) is 47.3 Å². The summed E-state index contributed by atoms with van der Waals surface area (Å²) in [5, 5.41) is 59.1. The second-order valence-corrected chi connectivity index (χ2v) is 24.7. The van der Waals surface area contributed by atoms with Crippen LogP contribution in [-0.4, -0.2) is 164 Å². The number of fused-ring (bicyclic) bond motifs is 36. The zero-order valence-electron chi connectivity index (χ0n) is 53.4. The number of ether oxygens (including phenoxy) is 2. The number of nitrogens with one attached hydrogen (secondary N) is 8. The second kappa shape index (κ2) is 37.0. The molecule has 97 heavy (non-hydrogen) atoms. The zero-order chi connectivity index (χ0) is 70.9. The fourth-order valence-corrected chi connectivity index (χ4v) is 11.5. The predicted octanol–water partition coefficient (Wildman–Crippen LogP) is 1.26. The summed E-state index contributed by atoms with van der Waals surface area (Å²) in [6, 6.07) is 17.3. The van der Waals surface area contributed by atoms with E-state index in [-0.39, 0.29) is 44.0 Å². The molecule has 29 nitrogen and oxygen atoms in total. The van der Waals surface area contributed by atoms with E-state index in [1.165, 1.54) is 13.8 Å². The number of aliphatic carboxylic acids is 4. The Morgan fingerprint density at radius 3 is 1.68 bits per heavy atom. The fraction of sp³-hybridized carbons (Fsp3) is 0.418. The summed E-state index contributed by atoms with van der Waals surface area (Å²) in [7, 11) is 0. The van der Waals surface area contributed by atoms with E-state index in [4.69, 9.17) is 9.47 Å². The predicted molar refractivity (Wildman–Crippen MR) is 345 cm³/mol. The van der Waals surface area contributed by atoms with Gasteiger partial charge < -0.3 is 72.4 Å². The Hall–Kier alpha value is -10.5. The van der Waals surface area contributed by atoms with Crippen LogP contribution >= 0.6 is 11.8 Å². The highest BCUT2D eigenvalue weighted by atomic mass is 32.2. The van der Waals surface area contributed by atoms with Crippen LogP contribution in [0.5, 0.6) is 11.5 Å². The molecule has 0 spiro atoms. The number of carbonyl (C=O) groups is 15. The maximum absolute atomic E-state index is 14.7. The number of hydrogen-bond acceptors (Lipinski definition) is 18. The molecule has 0 fully saturated rings. The molecule has 0 saturated heterocycles. The first kappa shape index (κ1) is 75.5. The number of Topliss-reactive ketones (excluding diaryl/α,β-unsaturated/α-hetero) is 3. The molecule has 8 bridgehead atoms. The van der Waals surface area contributed by atoms with E-state index in [2.05, 4.69) is 42.5 Å². The lowest BCUT2D eigenvalue weighted by Gasteiger charge is -2.25. The van der Waals surface area contributed by atoms with Crippen LogP contribution in [0, 0.1) is 17.8 Å². The first-order valence-corrected chi connectivity index (χ1v) is 32.2. The number of benzene rings is 4. The number of amides is 8. The number of ketones is 3. The van der Waals surface area contributed by atoms with Gasteiger partial charge in [-0.25, -0.2) is 4.79 Å². The van der Waals surface area contributed by atoms with Crippen molar-refractivity contribution in [1.29, 1.82) is 0 Å². The molecular weight excluding hydrogens is 1280 g/mol. The van der Waals surface area contributed by atoms with Gasteiger partial charge in [-0.15, -0.1) is 0 Å². The van der Waals surface area contributed by atoms with Crippen molar-refractivity contribution in [2.45, 2.75) is 140 Å². The summed E-state index contributed by atoms with van der Waals surface area (Å²) < 4.78 is 12.4. The van der Waals surface area contributed by atoms with Gasteiger partial charge in [0.25, 0.3) is 0 Å². The molecule has 0 saturated carbocycles. The van der Waals surface area contributed by atoms with Crippen LogP contribution in [0.1, 0.15) is 99.1 Å². The van der Waals surface area contributed by atoms with Crippen molar-refractivity contribution in [3.63, 3.8) is 0 Å². The van der Waals surface area contributed by atoms with Crippen molar-refractivity contribution < 1.29 is 102 Å². The van der Waals surface area contributed by atoms with Crippen molar-refractivity contribution in [2.24, 2.45) is 17.8 Å². The van der Waals surface area contributed by atoms with E-state index >= 15 is 0 Å². The molecule has 4 aliphatic heterocycles. The van der Waals surface area contributed by atoms with E-state index in [9.17, 15) is 92.3 Å². The molecule has 518 valence electrons. The van der Waals surface area contributed by atoms with Gasteiger partial charge in [0.1, 0.15) is 48.9 Å². The van der Waals surface area contributed by atoms with Gasteiger partial charge in [-0.05, 0) is 96.8 Å². The van der Waals surface area contributed by atoms with Gasteiger partial charge in [0.15, 0.2) is 17.3 Å². The summed E-state index contributed by atoms with van der Waals surface area (Å²) in [4.78, 5) is 200. The highest BCUT2D eigenvalue weighted by Gasteiger charge is 2.36. The maximum Gasteiger partial charge on any atom is 0.327 e. The van der Waals surface area contributed by atoms with Gasteiger partial charge in [-0.3, -0.25) is 67.1 Å². The summed E-state index contributed by atoms with van der Waals surface area (Å²) in [5.74, 6) is -19.5. The smallest absolute Gasteiger partial charge is 0.327 e. The van der Waals surface area contributed by atoms with Crippen LogP contribution in [0.3, 0.4) is 0 Å². The molecule has 4 heterocycles. The Balaban J connectivity index is 1.41. The van der Waals surface area contributed by atoms with Crippen LogP contribution in [-0.2, 0) is 110 Å². The van der Waals surface area contributed by atoms with Gasteiger partial charge in [-0.2, -0.15) is 11.8 Å². The Bertz CT molecular complexity index is 3570. The second-order valence-electron chi connectivity index (χ2n) is 23.7. The van der Waals surface area contributed by atoms with Crippen LogP contribution in [0.4, 0.5) is 0 Å². The highest BCUT2D eigenvalue weighted by molar-refractivity contribution is 7.98. The van der Waals surface area contributed by atoms with Gasteiger partial charge in [-0.1, -0.05) is 66.7 Å². The van der Waals surface area contributed by atoms with Crippen molar-refractivity contribution >= 4 is 100 Å². The quantitative estimate of drug-likeness (QED) is 0.0940. The molecule has 8 amide bonds. The molecule has 0 unspecified atom stereocenters. The monoisotopic (exact) mass is 1360 g/mol. The van der Waals surface area contributed by atoms with Crippen molar-refractivity contribution in [3.05, 3.63) is 130 Å². The molecule has 30 heteroatoms. The third-order valence-corrected chi connectivity index (χ3v) is 16.8. The standard InChI is InChI=1S/C67H78N8O21S/c1-36-55(78)26-46(22-39-7-5-4-6-8-39)62(88)69-31-57(80)73-54(67(93)94)35-97-34-44-20-42-19-43(21-44)33-96-50-16-11-41(12-17-50)24-52(72-38(3)76)66(92)75-53(29-60(85)86)65(91)71-37(2)61(87)68-30-48(77)25-45(13-18-58(81)82)63(89)74-51(23-40-9-14-49(15-10-40)95-32-42)56(79)27-47(28-59(83)84)64(90)70-36/h4-12,14-17,19-21,36-37,45-47,51-54H,13,18,22-35H2,1-3H3,(H,68,87)(H,69,88)(H,70,90)(H,71,91)(H,72,76)(H,73,80)(H,74,89)(H,75,92)(H,81,82)(H,83,84)(H,85,86)(H,93,94)/t36-,37-,45+,46+,47-,51-,52-,53-,54-/m0/s1. The van der Waals surface area contributed by atoms with Crippen molar-refractivity contribution in [3.8, 4) is 11.5 Å². The van der Waals surface area contributed by atoms with Crippen LogP contribution in [0.15, 0.2) is 97.1 Å². The Morgan fingerprint density at radius 1 is 0.526 bits per heavy atom. The molecule has 0 radical (unpaired) electrons. The number of carboxylic acid groups (broad SMARTS) is 4. The van der Waals surface area contributed by atoms with E-state index in [0.29, 0.717) is 44.9 Å². The van der Waals surface area contributed by atoms with Crippen LogP contribution in [0.25, 0.3) is 0 Å². The number of rotatable bonds is 11. The van der Waals surface area contributed by atoms with Crippen molar-refractivity contribution in [2.75, 3.05) is 18.8 Å². The fourth-order valence-electron chi connectivity index (χ4n) is 10.5. The molecule has 0 aliphatic carbocycles. The van der Waals surface area contributed by atoms with Gasteiger partial charge in [0.05, 0.1) is 43.9 Å². The Kier molecular flexibility index (Phi) is 28.8. The highest BCUT2D eigenvalue weighted by Crippen LogP contribution is 2.25. The van der Waals surface area contributed by atoms with Crippen LogP contribution < -0.4 is 52.0 Å². The first-order valence-electron chi connectivity index (χ1n) is 31.0. The average molecular weight is 1360 g/mol. The molecule has 8 rings (SSSR count). The zero-order valence-corrected chi connectivity index (χ0v) is 54.2. The summed E-state index contributed by atoms with van der Waals surface area (Å²) >= 11 is 1.16. The van der Waals surface area contributed by atoms with E-state index in [0.717, 1.165) is 18.7 Å². The number of carboxylic acids is 4. The minimum absolute atomic E-state index is 0.0404. The molecule has 0 aromatic heterocycles. The summed E-state index contributed by atoms with van der Waals surface area (Å²) in [6.07, 6.45) is -5.80. The molecule has 4 aliphatic rings. The normalized spacial score (nSPS) is 23.1. The van der Waals surface area contributed by atoms with Crippen molar-refractivity contribution in [1.82, 2.24) is 42.5 Å². The minimum Gasteiger partial charge on any atom is -0.489 e. The average Bonchev–Trinajstić information content (AvgIpc) is 0.989. The van der Waals surface area contributed by atoms with E-state index < -0.39 is 201 Å². The third kappa shape index (κ3) is 25.6. The number of carbonyl (C=O) groups excluding carboxylic acids is 11. The number of thioether (sulfide) groups is 1. The van der Waals surface area contributed by atoms with Gasteiger partial charge >= 0.3 is 23.9 Å². The summed E-state index contributed by atoms with van der Waals surface area (Å²) in [6.45, 7) is 1.97. The van der Waals surface area contributed by atoms with Crippen LogP contribution in [0.2, 0.25) is 0 Å². The lowest BCUT2D eigenvalue weighted by molar-refractivity contribution is -0.143. The largest absolute Gasteiger partial charge is 0.489 e. The lowest BCUT2D eigenvalue weighted by atomic mass is 9.89. The SMILES string of the molecule is CC(=O)N[C@H]1Cc2ccc(cc2)OCc2cc3cc(c2)CSC[C@@H](C(=O)O)NC(=O)CNC(=O)[C@H](Cc2ccccc2)CC(=O)[C@H](C)NC(=O)[C@H](CC(=O)O)CC(=O)[C@H](Cc2ccc(cc2)OC3)NC(=O)[C@H](CCC(=O)O)CC(=O)CNC(=O)[C@H](C)NC(=O)[C@H](CC(=O)O)NC1=O. The topological polar surface area (TPSA) is 452 Å². The molecule has 4 aromatic rings. The summed E-state index contributed by atoms with van der Waals surface area (Å²) in [5.41, 5.74) is 3.35. The van der Waals surface area contributed by atoms with E-state index in [1.54, 1.807) is 97.1 Å². The lowest BCUT2D eigenvalue weighted by Crippen LogP contribution is -2.57. The first-order chi connectivity index (χ1) is 46.1.